The lowest BCUT2D eigenvalue weighted by Gasteiger charge is -2.22. The summed E-state index contributed by atoms with van der Waals surface area (Å²) in [5, 5.41) is 12.5. The zero-order chi connectivity index (χ0) is 14.6. The highest BCUT2D eigenvalue weighted by Crippen LogP contribution is 2.51. The lowest BCUT2D eigenvalue weighted by atomic mass is 9.95. The minimum atomic E-state index is 0.468. The van der Waals surface area contributed by atoms with E-state index in [9.17, 15) is 0 Å². The lowest BCUT2D eigenvalue weighted by molar-refractivity contribution is 0.304. The number of nitrogens with two attached hydrogens (primary N) is 1. The molecule has 1 aromatic carbocycles. The van der Waals surface area contributed by atoms with Gasteiger partial charge in [-0.25, -0.2) is 4.68 Å². The smallest absolute Gasteiger partial charge is 0.182 e. The molecule has 2 aliphatic rings. The maximum Gasteiger partial charge on any atom is 0.182 e. The number of fused-ring (bicyclic) bond motifs is 2. The molecule has 2 bridgehead atoms. The third kappa shape index (κ3) is 1.94. The second-order valence-electron chi connectivity index (χ2n) is 6.71. The van der Waals surface area contributed by atoms with Crippen LogP contribution < -0.4 is 5.73 Å². The molecule has 0 spiro atoms. The Kier molecular flexibility index (Phi) is 2.77. The van der Waals surface area contributed by atoms with Crippen molar-refractivity contribution in [2.75, 3.05) is 5.73 Å². The van der Waals surface area contributed by atoms with Crippen molar-refractivity contribution in [2.24, 2.45) is 11.8 Å². The molecular formula is C16H21N5. The molecule has 2 aliphatic carbocycles. The van der Waals surface area contributed by atoms with Gasteiger partial charge in [0, 0.05) is 11.3 Å². The van der Waals surface area contributed by atoms with Crippen molar-refractivity contribution < 1.29 is 0 Å². The second-order valence-corrected chi connectivity index (χ2v) is 6.71. The molecular weight excluding hydrogens is 262 g/mol. The fourth-order valence-electron chi connectivity index (χ4n) is 4.21. The van der Waals surface area contributed by atoms with Gasteiger partial charge in [0.15, 0.2) is 5.82 Å². The number of benzene rings is 1. The SMILES string of the molecule is Cc1cc(C)c(-c2nnnn2C2CC3CCC2C3)cc1N. The molecule has 2 fully saturated rings. The largest absolute Gasteiger partial charge is 0.398 e. The molecule has 3 atom stereocenters. The molecule has 0 radical (unpaired) electrons. The van der Waals surface area contributed by atoms with E-state index >= 15 is 0 Å². The molecule has 2 aromatic rings. The first kappa shape index (κ1) is 12.8. The summed E-state index contributed by atoms with van der Waals surface area (Å²) in [5.74, 6) is 2.50. The van der Waals surface area contributed by atoms with Gasteiger partial charge >= 0.3 is 0 Å². The first-order chi connectivity index (χ1) is 10.1. The van der Waals surface area contributed by atoms with Crippen molar-refractivity contribution in [3.8, 4) is 11.4 Å². The number of nitrogen functional groups attached to an aromatic ring is 1. The molecule has 5 heteroatoms. The van der Waals surface area contributed by atoms with Gasteiger partial charge in [0.2, 0.25) is 0 Å². The number of hydrogen-bond acceptors (Lipinski definition) is 4. The molecule has 0 saturated heterocycles. The Morgan fingerprint density at radius 2 is 2.00 bits per heavy atom. The number of rotatable bonds is 2. The fourth-order valence-corrected chi connectivity index (χ4v) is 4.21. The normalized spacial score (nSPS) is 27.4. The van der Waals surface area contributed by atoms with Crippen LogP contribution in [0.1, 0.15) is 42.9 Å². The minimum absolute atomic E-state index is 0.468. The summed E-state index contributed by atoms with van der Waals surface area (Å²) in [6, 6.07) is 4.60. The van der Waals surface area contributed by atoms with Crippen molar-refractivity contribution in [2.45, 2.75) is 45.6 Å². The maximum atomic E-state index is 6.08. The quantitative estimate of drug-likeness (QED) is 0.860. The molecule has 1 heterocycles. The average molecular weight is 283 g/mol. The third-order valence-electron chi connectivity index (χ3n) is 5.36. The predicted molar refractivity (Wildman–Crippen MR) is 81.6 cm³/mol. The van der Waals surface area contributed by atoms with Gasteiger partial charge in [-0.05, 0) is 72.6 Å². The number of hydrogen-bond donors (Lipinski definition) is 1. The van der Waals surface area contributed by atoms with E-state index in [2.05, 4.69) is 33.2 Å². The fraction of sp³-hybridized carbons (Fsp3) is 0.562. The van der Waals surface area contributed by atoms with Crippen LogP contribution in [0.25, 0.3) is 11.4 Å². The number of tetrazole rings is 1. The summed E-state index contributed by atoms with van der Waals surface area (Å²) in [5.41, 5.74) is 10.2. The van der Waals surface area contributed by atoms with Gasteiger partial charge in [-0.1, -0.05) is 12.5 Å². The molecule has 0 aliphatic heterocycles. The van der Waals surface area contributed by atoms with Crippen LogP contribution in [0.5, 0.6) is 0 Å². The first-order valence-electron chi connectivity index (χ1n) is 7.78. The summed E-state index contributed by atoms with van der Waals surface area (Å²) in [4.78, 5) is 0. The third-order valence-corrected chi connectivity index (χ3v) is 5.36. The van der Waals surface area contributed by atoms with Crippen molar-refractivity contribution in [3.63, 3.8) is 0 Å². The van der Waals surface area contributed by atoms with Crippen molar-refractivity contribution in [1.82, 2.24) is 20.2 Å². The van der Waals surface area contributed by atoms with E-state index in [4.69, 9.17) is 5.73 Å². The summed E-state index contributed by atoms with van der Waals surface area (Å²) in [7, 11) is 0. The van der Waals surface area contributed by atoms with Gasteiger partial charge in [-0.15, -0.1) is 5.10 Å². The van der Waals surface area contributed by atoms with Crippen molar-refractivity contribution >= 4 is 5.69 Å². The van der Waals surface area contributed by atoms with Crippen LogP contribution in [0.4, 0.5) is 5.69 Å². The van der Waals surface area contributed by atoms with Crippen LogP contribution in [-0.2, 0) is 0 Å². The van der Waals surface area contributed by atoms with Crippen LogP contribution in [0.15, 0.2) is 12.1 Å². The number of anilines is 1. The maximum absolute atomic E-state index is 6.08. The summed E-state index contributed by atoms with van der Waals surface area (Å²) < 4.78 is 2.06. The van der Waals surface area contributed by atoms with Gasteiger partial charge in [0.05, 0.1) is 6.04 Å². The van der Waals surface area contributed by atoms with Crippen molar-refractivity contribution in [1.29, 1.82) is 0 Å². The molecule has 0 amide bonds. The number of aromatic nitrogens is 4. The van der Waals surface area contributed by atoms with Gasteiger partial charge in [0.1, 0.15) is 0 Å². The Hall–Kier alpha value is -1.91. The van der Waals surface area contributed by atoms with Crippen molar-refractivity contribution in [3.05, 3.63) is 23.3 Å². The highest BCUT2D eigenvalue weighted by Gasteiger charge is 2.42. The van der Waals surface area contributed by atoms with Crippen LogP contribution >= 0.6 is 0 Å². The second kappa shape index (κ2) is 4.55. The molecule has 5 nitrogen and oxygen atoms in total. The van der Waals surface area contributed by atoms with E-state index in [1.807, 2.05) is 13.0 Å². The minimum Gasteiger partial charge on any atom is -0.398 e. The average Bonchev–Trinajstić information content (AvgIpc) is 3.17. The number of nitrogens with zero attached hydrogens (tertiary/aromatic N) is 4. The highest BCUT2D eigenvalue weighted by molar-refractivity contribution is 5.67. The zero-order valence-corrected chi connectivity index (χ0v) is 12.6. The molecule has 2 N–H and O–H groups in total. The Labute approximate surface area is 124 Å². The van der Waals surface area contributed by atoms with E-state index in [1.54, 1.807) is 0 Å². The number of aryl methyl sites for hydroxylation is 2. The van der Waals surface area contributed by atoms with E-state index < -0.39 is 0 Å². The van der Waals surface area contributed by atoms with Gasteiger partial charge in [-0.3, -0.25) is 0 Å². The van der Waals surface area contributed by atoms with Crippen LogP contribution in [0.3, 0.4) is 0 Å². The Balaban J connectivity index is 1.77. The zero-order valence-electron chi connectivity index (χ0n) is 12.6. The van der Waals surface area contributed by atoms with E-state index in [-0.39, 0.29) is 0 Å². The van der Waals surface area contributed by atoms with E-state index in [0.717, 1.165) is 34.5 Å². The van der Waals surface area contributed by atoms with E-state index in [1.165, 1.54) is 31.2 Å². The molecule has 4 rings (SSSR count). The van der Waals surface area contributed by atoms with Crippen LogP contribution in [0.2, 0.25) is 0 Å². The predicted octanol–water partition coefficient (Wildman–Crippen LogP) is 2.90. The topological polar surface area (TPSA) is 69.6 Å². The highest BCUT2D eigenvalue weighted by atomic mass is 15.6. The van der Waals surface area contributed by atoms with Gasteiger partial charge in [0.25, 0.3) is 0 Å². The Morgan fingerprint density at radius 1 is 1.14 bits per heavy atom. The Bertz CT molecular complexity index is 690. The first-order valence-corrected chi connectivity index (χ1v) is 7.78. The van der Waals surface area contributed by atoms with Gasteiger partial charge < -0.3 is 5.73 Å². The summed E-state index contributed by atoms with van der Waals surface area (Å²) >= 11 is 0. The molecule has 3 unspecified atom stereocenters. The van der Waals surface area contributed by atoms with Gasteiger partial charge in [-0.2, -0.15) is 0 Å². The molecule has 110 valence electrons. The van der Waals surface area contributed by atoms with Crippen LogP contribution in [0, 0.1) is 25.7 Å². The molecule has 21 heavy (non-hydrogen) atoms. The van der Waals surface area contributed by atoms with E-state index in [0.29, 0.717) is 6.04 Å². The summed E-state index contributed by atoms with van der Waals surface area (Å²) in [6.45, 7) is 4.13. The molecule has 2 saturated carbocycles. The van der Waals surface area contributed by atoms with Crippen LogP contribution in [-0.4, -0.2) is 20.2 Å². The monoisotopic (exact) mass is 283 g/mol. The Morgan fingerprint density at radius 3 is 2.71 bits per heavy atom. The summed E-state index contributed by atoms with van der Waals surface area (Å²) in [6.07, 6.45) is 5.28. The molecule has 1 aromatic heterocycles. The lowest BCUT2D eigenvalue weighted by Crippen LogP contribution is -2.18. The standard InChI is InChI=1S/C16H21N5/c1-9-5-10(2)14(17)8-13(9)16-18-19-20-21(16)15-7-11-3-4-12(15)6-11/h5,8,11-12,15H,3-4,6-7,17H2,1-2H3.